The number of amides is 2. The average molecular weight is 455 g/mol. The first kappa shape index (κ1) is 24.1. The Kier molecular flexibility index (Phi) is 8.69. The number of hydrogen-bond acceptors (Lipinski definition) is 6. The Morgan fingerprint density at radius 2 is 1.70 bits per heavy atom. The smallest absolute Gasteiger partial charge is 0.338 e. The molecule has 0 aromatic heterocycles. The molecule has 0 radical (unpaired) electrons. The second kappa shape index (κ2) is 11.9. The lowest BCUT2D eigenvalue weighted by Gasteiger charge is -2.29. The number of benzene rings is 2. The van der Waals surface area contributed by atoms with Gasteiger partial charge in [0.2, 0.25) is 0 Å². The molecule has 1 aliphatic rings. The van der Waals surface area contributed by atoms with E-state index in [2.05, 4.69) is 17.6 Å². The molecule has 8 nitrogen and oxygen atoms in total. The van der Waals surface area contributed by atoms with E-state index in [0.29, 0.717) is 28.7 Å². The maximum atomic E-state index is 12.2. The van der Waals surface area contributed by atoms with E-state index in [4.69, 9.17) is 14.2 Å². The van der Waals surface area contributed by atoms with Crippen LogP contribution in [0.5, 0.6) is 11.5 Å². The van der Waals surface area contributed by atoms with Gasteiger partial charge in [-0.1, -0.05) is 25.8 Å². The van der Waals surface area contributed by atoms with Crippen LogP contribution < -0.4 is 20.1 Å². The summed E-state index contributed by atoms with van der Waals surface area (Å²) in [5.41, 5.74) is 0.894. The normalized spacial score (nSPS) is 17.5. The predicted molar refractivity (Wildman–Crippen MR) is 123 cm³/mol. The zero-order valence-electron chi connectivity index (χ0n) is 19.0. The van der Waals surface area contributed by atoms with E-state index in [-0.39, 0.29) is 31.1 Å². The van der Waals surface area contributed by atoms with E-state index in [9.17, 15) is 14.4 Å². The summed E-state index contributed by atoms with van der Waals surface area (Å²) in [7, 11) is 1.55. The lowest BCUT2D eigenvalue weighted by Crippen LogP contribution is -2.42. The molecule has 0 bridgehead atoms. The fourth-order valence-electron chi connectivity index (χ4n) is 3.73. The third kappa shape index (κ3) is 7.52. The van der Waals surface area contributed by atoms with Crippen molar-refractivity contribution >= 4 is 23.5 Å². The second-order valence-electron chi connectivity index (χ2n) is 8.11. The zero-order valence-corrected chi connectivity index (χ0v) is 19.0. The van der Waals surface area contributed by atoms with Crippen LogP contribution in [0.4, 0.5) is 5.69 Å². The molecule has 1 aliphatic carbocycles. The Bertz CT molecular complexity index is 960. The van der Waals surface area contributed by atoms with Gasteiger partial charge >= 0.3 is 5.97 Å². The van der Waals surface area contributed by atoms with Crippen molar-refractivity contribution in [1.82, 2.24) is 5.32 Å². The minimum atomic E-state index is -0.593. The van der Waals surface area contributed by atoms with E-state index in [1.165, 1.54) is 18.6 Å². The first-order valence-electron chi connectivity index (χ1n) is 11.1. The van der Waals surface area contributed by atoms with Crippen LogP contribution in [-0.4, -0.2) is 44.1 Å². The topological polar surface area (TPSA) is 103 Å². The molecule has 2 amide bonds. The number of nitrogens with one attached hydrogen (secondary N) is 2. The Morgan fingerprint density at radius 3 is 2.42 bits per heavy atom. The highest BCUT2D eigenvalue weighted by Gasteiger charge is 2.23. The van der Waals surface area contributed by atoms with Gasteiger partial charge in [0.1, 0.15) is 11.5 Å². The van der Waals surface area contributed by atoms with E-state index in [0.717, 1.165) is 19.3 Å². The van der Waals surface area contributed by atoms with Gasteiger partial charge in [0.15, 0.2) is 13.2 Å². The fraction of sp³-hybridized carbons (Fsp3) is 0.400. The Balaban J connectivity index is 1.41. The highest BCUT2D eigenvalue weighted by Crippen LogP contribution is 2.23. The van der Waals surface area contributed by atoms with Gasteiger partial charge < -0.3 is 24.8 Å². The second-order valence-corrected chi connectivity index (χ2v) is 8.11. The number of hydrogen-bond donors (Lipinski definition) is 2. The number of rotatable bonds is 9. The van der Waals surface area contributed by atoms with Crippen molar-refractivity contribution in [2.24, 2.45) is 5.92 Å². The molecule has 0 aliphatic heterocycles. The van der Waals surface area contributed by atoms with Gasteiger partial charge in [-0.3, -0.25) is 9.59 Å². The lowest BCUT2D eigenvalue weighted by molar-refractivity contribution is -0.125. The van der Waals surface area contributed by atoms with Crippen LogP contribution in [0, 0.1) is 5.92 Å². The molecular weight excluding hydrogens is 424 g/mol. The molecular formula is C25H30N2O6. The summed E-state index contributed by atoms with van der Waals surface area (Å²) >= 11 is 0. The maximum Gasteiger partial charge on any atom is 0.338 e. The van der Waals surface area contributed by atoms with E-state index in [1.54, 1.807) is 43.5 Å². The van der Waals surface area contributed by atoms with Crippen molar-refractivity contribution in [3.05, 3.63) is 54.1 Å². The molecule has 2 atom stereocenters. The number of esters is 1. The molecule has 0 spiro atoms. The van der Waals surface area contributed by atoms with E-state index >= 15 is 0 Å². The molecule has 1 saturated carbocycles. The maximum absolute atomic E-state index is 12.2. The number of ether oxygens (including phenoxy) is 3. The third-order valence-corrected chi connectivity index (χ3v) is 5.61. The SMILES string of the molecule is COc1cccc(NC(=O)COc2ccc(C(=O)OCC(=O)NC3CCCCC3C)cc2)c1. The molecule has 2 unspecified atom stereocenters. The van der Waals surface area contributed by atoms with Gasteiger partial charge in [0.25, 0.3) is 11.8 Å². The molecule has 2 aromatic carbocycles. The standard InChI is InChI=1S/C25H30N2O6/c1-17-6-3-4-9-22(17)27-24(29)16-33-25(30)18-10-12-20(13-11-18)32-15-23(28)26-19-7-5-8-21(14-19)31-2/h5,7-8,10-14,17,22H,3-4,6,9,15-16H2,1-2H3,(H,26,28)(H,27,29). The van der Waals surface area contributed by atoms with Gasteiger partial charge in [-0.2, -0.15) is 0 Å². The molecule has 33 heavy (non-hydrogen) atoms. The minimum Gasteiger partial charge on any atom is -0.497 e. The first-order chi connectivity index (χ1) is 15.9. The molecule has 176 valence electrons. The van der Waals surface area contributed by atoms with Gasteiger partial charge in [0, 0.05) is 17.8 Å². The summed E-state index contributed by atoms with van der Waals surface area (Å²) in [5.74, 6) is 0.287. The zero-order chi connectivity index (χ0) is 23.6. The van der Waals surface area contributed by atoms with Crippen molar-refractivity contribution in [3.63, 3.8) is 0 Å². The Labute approximate surface area is 193 Å². The summed E-state index contributed by atoms with van der Waals surface area (Å²) in [6.45, 7) is 1.62. The highest BCUT2D eigenvalue weighted by molar-refractivity contribution is 5.92. The van der Waals surface area contributed by atoms with E-state index < -0.39 is 5.97 Å². The van der Waals surface area contributed by atoms with Crippen LogP contribution in [-0.2, 0) is 14.3 Å². The predicted octanol–water partition coefficient (Wildman–Crippen LogP) is 3.56. The fourth-order valence-corrected chi connectivity index (χ4v) is 3.73. The molecule has 2 N–H and O–H groups in total. The monoisotopic (exact) mass is 454 g/mol. The van der Waals surface area contributed by atoms with Crippen LogP contribution in [0.2, 0.25) is 0 Å². The van der Waals surface area contributed by atoms with Gasteiger partial charge in [0.05, 0.1) is 12.7 Å². The number of carbonyl (C=O) groups excluding carboxylic acids is 3. The third-order valence-electron chi connectivity index (χ3n) is 5.61. The number of anilines is 1. The Morgan fingerprint density at radius 1 is 0.939 bits per heavy atom. The Hall–Kier alpha value is -3.55. The van der Waals surface area contributed by atoms with Crippen molar-refractivity contribution in [1.29, 1.82) is 0 Å². The van der Waals surface area contributed by atoms with Crippen LogP contribution in [0.3, 0.4) is 0 Å². The quantitative estimate of drug-likeness (QED) is 0.562. The van der Waals surface area contributed by atoms with Crippen molar-refractivity contribution in [2.45, 2.75) is 38.6 Å². The van der Waals surface area contributed by atoms with Crippen LogP contribution in [0.15, 0.2) is 48.5 Å². The molecule has 1 fully saturated rings. The van der Waals surface area contributed by atoms with Crippen molar-refractivity contribution in [2.75, 3.05) is 25.6 Å². The average Bonchev–Trinajstić information content (AvgIpc) is 2.83. The number of methoxy groups -OCH3 is 1. The van der Waals surface area contributed by atoms with Crippen LogP contribution >= 0.6 is 0 Å². The number of carbonyl (C=O) groups is 3. The van der Waals surface area contributed by atoms with Crippen LogP contribution in [0.25, 0.3) is 0 Å². The molecule has 8 heteroatoms. The summed E-state index contributed by atoms with van der Waals surface area (Å²) < 4.78 is 15.7. The minimum absolute atomic E-state index is 0.141. The largest absolute Gasteiger partial charge is 0.497 e. The summed E-state index contributed by atoms with van der Waals surface area (Å²) in [6.07, 6.45) is 4.35. The van der Waals surface area contributed by atoms with E-state index in [1.807, 2.05) is 0 Å². The highest BCUT2D eigenvalue weighted by atomic mass is 16.5. The van der Waals surface area contributed by atoms with Gasteiger partial charge in [-0.25, -0.2) is 4.79 Å². The van der Waals surface area contributed by atoms with Crippen LogP contribution in [0.1, 0.15) is 43.0 Å². The molecule has 0 saturated heterocycles. The summed E-state index contributed by atoms with van der Waals surface area (Å²) in [6, 6.07) is 13.3. The summed E-state index contributed by atoms with van der Waals surface area (Å²) in [5, 5.41) is 5.67. The molecule has 0 heterocycles. The lowest BCUT2D eigenvalue weighted by atomic mass is 9.86. The van der Waals surface area contributed by atoms with Crippen molar-refractivity contribution < 1.29 is 28.6 Å². The van der Waals surface area contributed by atoms with Gasteiger partial charge in [-0.05, 0) is 55.2 Å². The first-order valence-corrected chi connectivity index (χ1v) is 11.1. The van der Waals surface area contributed by atoms with Crippen molar-refractivity contribution in [3.8, 4) is 11.5 Å². The summed E-state index contributed by atoms with van der Waals surface area (Å²) in [4.78, 5) is 36.4. The molecule has 2 aromatic rings. The molecule has 3 rings (SSSR count). The van der Waals surface area contributed by atoms with Gasteiger partial charge in [-0.15, -0.1) is 0 Å².